The van der Waals surface area contributed by atoms with Gasteiger partial charge in [-0.25, -0.2) is 0 Å². The molecule has 17 heavy (non-hydrogen) atoms. The zero-order valence-corrected chi connectivity index (χ0v) is 13.1. The number of nitrogens with one attached hydrogen (secondary N) is 1. The highest BCUT2D eigenvalue weighted by Crippen LogP contribution is 2.28. The molecule has 3 heteroatoms. The number of rotatable bonds is 8. The Kier molecular flexibility index (Phi) is 7.24. The van der Waals surface area contributed by atoms with E-state index in [1.54, 1.807) is 0 Å². The maximum absolute atomic E-state index is 3.68. The van der Waals surface area contributed by atoms with Gasteiger partial charge in [-0.2, -0.15) is 11.8 Å². The molecule has 1 nitrogen and oxygen atoms in total. The van der Waals surface area contributed by atoms with E-state index in [1.807, 2.05) is 11.3 Å². The van der Waals surface area contributed by atoms with Gasteiger partial charge in [-0.05, 0) is 43.3 Å². The van der Waals surface area contributed by atoms with E-state index in [2.05, 4.69) is 56.2 Å². The Morgan fingerprint density at radius 2 is 2.18 bits per heavy atom. The quantitative estimate of drug-likeness (QED) is 0.740. The van der Waals surface area contributed by atoms with Crippen LogP contribution in [0.5, 0.6) is 0 Å². The average Bonchev–Trinajstić information content (AvgIpc) is 2.75. The van der Waals surface area contributed by atoms with Crippen LogP contribution in [0, 0.1) is 6.92 Å². The molecule has 98 valence electrons. The van der Waals surface area contributed by atoms with Crippen LogP contribution in [0.25, 0.3) is 0 Å². The molecule has 1 rings (SSSR count). The average molecular weight is 271 g/mol. The van der Waals surface area contributed by atoms with E-state index in [-0.39, 0.29) is 0 Å². The van der Waals surface area contributed by atoms with Crippen LogP contribution < -0.4 is 5.32 Å². The van der Waals surface area contributed by atoms with E-state index in [0.29, 0.717) is 6.04 Å². The minimum absolute atomic E-state index is 0.536. The number of thioether (sulfide) groups is 1. The van der Waals surface area contributed by atoms with Gasteiger partial charge in [0.15, 0.2) is 0 Å². The van der Waals surface area contributed by atoms with Gasteiger partial charge in [-0.15, -0.1) is 11.3 Å². The van der Waals surface area contributed by atoms with E-state index in [9.17, 15) is 0 Å². The monoisotopic (exact) mass is 271 g/mol. The van der Waals surface area contributed by atoms with E-state index >= 15 is 0 Å². The molecular formula is C14H25NS2. The standard InChI is InChI=1S/C14H25NS2/c1-5-8-15-13(10-17-12(4)6-2)14-11(3)7-9-16-14/h7,9,12-13,15H,5-6,8,10H2,1-4H3. The summed E-state index contributed by atoms with van der Waals surface area (Å²) in [5, 5.41) is 6.65. The molecule has 1 aromatic rings. The van der Waals surface area contributed by atoms with Crippen LogP contribution in [-0.4, -0.2) is 17.5 Å². The molecule has 0 saturated carbocycles. The molecule has 2 unspecified atom stereocenters. The predicted octanol–water partition coefficient (Wildman–Crippen LogP) is 4.63. The van der Waals surface area contributed by atoms with Crippen LogP contribution in [0.1, 0.15) is 50.1 Å². The highest BCUT2D eigenvalue weighted by molar-refractivity contribution is 7.99. The van der Waals surface area contributed by atoms with Crippen molar-refractivity contribution >= 4 is 23.1 Å². The Morgan fingerprint density at radius 1 is 1.41 bits per heavy atom. The molecule has 0 aliphatic carbocycles. The molecule has 0 aliphatic heterocycles. The van der Waals surface area contributed by atoms with Crippen LogP contribution >= 0.6 is 23.1 Å². The third-order valence-electron chi connectivity index (χ3n) is 2.98. The van der Waals surface area contributed by atoms with E-state index in [0.717, 1.165) is 11.8 Å². The molecular weight excluding hydrogens is 246 g/mol. The van der Waals surface area contributed by atoms with Gasteiger partial charge in [-0.3, -0.25) is 0 Å². The Hall–Kier alpha value is 0.0100. The summed E-state index contributed by atoms with van der Waals surface area (Å²) in [5.41, 5.74) is 1.44. The lowest BCUT2D eigenvalue weighted by molar-refractivity contribution is 0.582. The molecule has 1 heterocycles. The Balaban J connectivity index is 2.57. The van der Waals surface area contributed by atoms with Gasteiger partial charge in [-0.1, -0.05) is 20.8 Å². The normalized spacial score (nSPS) is 14.8. The van der Waals surface area contributed by atoms with Crippen molar-refractivity contribution in [2.45, 2.75) is 51.8 Å². The molecule has 1 aromatic heterocycles. The van der Waals surface area contributed by atoms with Gasteiger partial charge in [0, 0.05) is 15.9 Å². The smallest absolute Gasteiger partial charge is 0.0509 e. The fourth-order valence-corrected chi connectivity index (χ4v) is 3.82. The van der Waals surface area contributed by atoms with Crippen molar-refractivity contribution in [1.29, 1.82) is 0 Å². The summed E-state index contributed by atoms with van der Waals surface area (Å²) in [5.74, 6) is 1.19. The summed E-state index contributed by atoms with van der Waals surface area (Å²) < 4.78 is 0. The summed E-state index contributed by atoms with van der Waals surface area (Å²) in [6.07, 6.45) is 2.46. The number of hydrogen-bond donors (Lipinski definition) is 1. The van der Waals surface area contributed by atoms with E-state index in [1.165, 1.54) is 29.0 Å². The van der Waals surface area contributed by atoms with Crippen molar-refractivity contribution < 1.29 is 0 Å². The van der Waals surface area contributed by atoms with Crippen molar-refractivity contribution in [3.05, 3.63) is 21.9 Å². The first-order valence-corrected chi connectivity index (χ1v) is 8.50. The Morgan fingerprint density at radius 3 is 2.71 bits per heavy atom. The van der Waals surface area contributed by atoms with Crippen molar-refractivity contribution in [2.75, 3.05) is 12.3 Å². The number of thiophene rings is 1. The van der Waals surface area contributed by atoms with Gasteiger partial charge in [0.25, 0.3) is 0 Å². The molecule has 0 aromatic carbocycles. The Bertz CT molecular complexity index is 309. The maximum atomic E-state index is 3.68. The molecule has 0 radical (unpaired) electrons. The minimum Gasteiger partial charge on any atom is -0.309 e. The fourth-order valence-electron chi connectivity index (χ4n) is 1.67. The van der Waals surface area contributed by atoms with Gasteiger partial charge in [0.05, 0.1) is 6.04 Å². The summed E-state index contributed by atoms with van der Waals surface area (Å²) in [6, 6.07) is 2.77. The first-order chi connectivity index (χ1) is 8.19. The first-order valence-electron chi connectivity index (χ1n) is 6.58. The fraction of sp³-hybridized carbons (Fsp3) is 0.714. The van der Waals surface area contributed by atoms with Gasteiger partial charge < -0.3 is 5.32 Å². The lowest BCUT2D eigenvalue weighted by Crippen LogP contribution is -2.24. The van der Waals surface area contributed by atoms with Crippen LogP contribution in [0.3, 0.4) is 0 Å². The highest BCUT2D eigenvalue weighted by atomic mass is 32.2. The van der Waals surface area contributed by atoms with E-state index in [4.69, 9.17) is 0 Å². The molecule has 0 spiro atoms. The largest absolute Gasteiger partial charge is 0.309 e. The lowest BCUT2D eigenvalue weighted by atomic mass is 10.2. The van der Waals surface area contributed by atoms with Crippen LogP contribution in [0.15, 0.2) is 11.4 Å². The lowest BCUT2D eigenvalue weighted by Gasteiger charge is -2.20. The zero-order chi connectivity index (χ0) is 12.7. The molecule has 0 saturated heterocycles. The van der Waals surface area contributed by atoms with Crippen molar-refractivity contribution in [3.8, 4) is 0 Å². The van der Waals surface area contributed by atoms with Crippen molar-refractivity contribution in [1.82, 2.24) is 5.32 Å². The van der Waals surface area contributed by atoms with Gasteiger partial charge in [0.2, 0.25) is 0 Å². The second-order valence-corrected chi connectivity index (χ2v) is 6.95. The van der Waals surface area contributed by atoms with Crippen LogP contribution in [0.4, 0.5) is 0 Å². The SMILES string of the molecule is CCCNC(CSC(C)CC)c1sccc1C. The molecule has 0 bridgehead atoms. The molecule has 0 fully saturated rings. The molecule has 1 N–H and O–H groups in total. The highest BCUT2D eigenvalue weighted by Gasteiger charge is 2.15. The van der Waals surface area contributed by atoms with Crippen molar-refractivity contribution in [2.24, 2.45) is 0 Å². The third-order valence-corrected chi connectivity index (χ3v) is 5.54. The summed E-state index contributed by atoms with van der Waals surface area (Å²) in [4.78, 5) is 1.52. The van der Waals surface area contributed by atoms with Crippen LogP contribution in [-0.2, 0) is 0 Å². The molecule has 2 atom stereocenters. The number of aryl methyl sites for hydroxylation is 1. The summed E-state index contributed by atoms with van der Waals surface area (Å²) in [7, 11) is 0. The molecule has 0 amide bonds. The minimum atomic E-state index is 0.536. The number of hydrogen-bond acceptors (Lipinski definition) is 3. The van der Waals surface area contributed by atoms with Gasteiger partial charge >= 0.3 is 0 Å². The van der Waals surface area contributed by atoms with E-state index < -0.39 is 0 Å². The maximum Gasteiger partial charge on any atom is 0.0509 e. The topological polar surface area (TPSA) is 12.0 Å². The summed E-state index contributed by atoms with van der Waals surface area (Å²) in [6.45, 7) is 10.2. The second kappa shape index (κ2) is 8.17. The predicted molar refractivity (Wildman–Crippen MR) is 82.3 cm³/mol. The van der Waals surface area contributed by atoms with Gasteiger partial charge in [0.1, 0.15) is 0 Å². The zero-order valence-electron chi connectivity index (χ0n) is 11.5. The first kappa shape index (κ1) is 15.1. The summed E-state index contributed by atoms with van der Waals surface area (Å²) >= 11 is 3.98. The Labute approximate surface area is 114 Å². The van der Waals surface area contributed by atoms with Crippen molar-refractivity contribution in [3.63, 3.8) is 0 Å². The molecule has 0 aliphatic rings. The third kappa shape index (κ3) is 5.02. The van der Waals surface area contributed by atoms with Crippen LogP contribution in [0.2, 0.25) is 0 Å². The second-order valence-electron chi connectivity index (χ2n) is 4.53.